The Hall–Kier alpha value is -2.58. The largest absolute Gasteiger partial charge is 0.354 e. The van der Waals surface area contributed by atoms with Crippen LogP contribution in [0.15, 0.2) is 0 Å². The highest BCUT2D eigenvalue weighted by Gasteiger charge is 2.25. The molecule has 0 amide bonds. The topological polar surface area (TPSA) is 112 Å². The lowest BCUT2D eigenvalue weighted by molar-refractivity contribution is -0.385. The van der Waals surface area contributed by atoms with Crippen LogP contribution in [0.25, 0.3) is 5.82 Å². The maximum atomic E-state index is 11.3. The van der Waals surface area contributed by atoms with Crippen LogP contribution in [-0.2, 0) is 0 Å². The quantitative estimate of drug-likeness (QED) is 0.659. The summed E-state index contributed by atoms with van der Waals surface area (Å²) in [6, 6.07) is 0. The summed E-state index contributed by atoms with van der Waals surface area (Å²) in [4.78, 5) is 23.3. The fourth-order valence-electron chi connectivity index (χ4n) is 1.95. The molecule has 112 valence electrons. The van der Waals surface area contributed by atoms with E-state index in [2.05, 4.69) is 25.4 Å². The molecule has 0 saturated heterocycles. The molecular weight excluding hydrogens is 274 g/mol. The minimum absolute atomic E-state index is 0.129. The number of nitrogens with one attached hydrogen (secondary N) is 1. The first kappa shape index (κ1) is 14.8. The molecule has 9 nitrogen and oxygen atoms in total. The molecule has 0 aliphatic carbocycles. The van der Waals surface area contributed by atoms with Crippen LogP contribution < -0.4 is 5.32 Å². The Labute approximate surface area is 121 Å². The fraction of sp³-hybridized carbons (Fsp3) is 0.500. The lowest BCUT2D eigenvalue weighted by Crippen LogP contribution is -2.13. The van der Waals surface area contributed by atoms with Crippen molar-refractivity contribution in [3.8, 4) is 5.82 Å². The van der Waals surface area contributed by atoms with Crippen LogP contribution in [0.1, 0.15) is 30.7 Å². The summed E-state index contributed by atoms with van der Waals surface area (Å²) in [5, 5.41) is 18.5. The minimum Gasteiger partial charge on any atom is -0.354 e. The molecule has 2 heterocycles. The molecule has 0 unspecified atom stereocenters. The molecular formula is C12H17N7O2. The number of rotatable bonds is 5. The van der Waals surface area contributed by atoms with E-state index in [1.165, 1.54) is 4.68 Å². The lowest BCUT2D eigenvalue weighted by Gasteiger charge is -2.09. The van der Waals surface area contributed by atoms with Crippen LogP contribution in [0.4, 0.5) is 11.6 Å². The Kier molecular flexibility index (Phi) is 4.10. The van der Waals surface area contributed by atoms with Crippen molar-refractivity contribution in [3.05, 3.63) is 27.5 Å². The van der Waals surface area contributed by atoms with Gasteiger partial charge in [-0.05, 0) is 27.2 Å². The van der Waals surface area contributed by atoms with Crippen LogP contribution in [0, 0.1) is 30.9 Å². The van der Waals surface area contributed by atoms with Gasteiger partial charge in [0.15, 0.2) is 0 Å². The monoisotopic (exact) mass is 291 g/mol. The number of aromatic nitrogens is 5. The number of nitrogens with zero attached hydrogens (tertiary/aromatic N) is 6. The van der Waals surface area contributed by atoms with E-state index in [1.54, 1.807) is 20.8 Å². The molecule has 0 aromatic carbocycles. The van der Waals surface area contributed by atoms with E-state index in [-0.39, 0.29) is 17.2 Å². The summed E-state index contributed by atoms with van der Waals surface area (Å²) in [6.07, 6.45) is 0.899. The van der Waals surface area contributed by atoms with E-state index >= 15 is 0 Å². The van der Waals surface area contributed by atoms with Gasteiger partial charge in [-0.25, -0.2) is 9.97 Å². The van der Waals surface area contributed by atoms with Crippen LogP contribution in [-0.4, -0.2) is 36.2 Å². The molecule has 9 heteroatoms. The average Bonchev–Trinajstić information content (AvgIpc) is 2.74. The van der Waals surface area contributed by atoms with E-state index in [9.17, 15) is 10.1 Å². The van der Waals surface area contributed by atoms with Gasteiger partial charge in [0.25, 0.3) is 0 Å². The smallest absolute Gasteiger partial charge is 0.334 e. The van der Waals surface area contributed by atoms with E-state index in [1.807, 2.05) is 6.92 Å². The number of nitro groups is 1. The molecule has 0 spiro atoms. The van der Waals surface area contributed by atoms with Crippen molar-refractivity contribution >= 4 is 11.6 Å². The number of anilines is 1. The molecule has 1 N–H and O–H groups in total. The normalized spacial score (nSPS) is 10.7. The van der Waals surface area contributed by atoms with E-state index in [0.717, 1.165) is 6.42 Å². The maximum Gasteiger partial charge on any atom is 0.334 e. The molecule has 0 aliphatic heterocycles. The first-order chi connectivity index (χ1) is 9.93. The molecule has 2 aromatic rings. The molecule has 0 bridgehead atoms. The zero-order valence-electron chi connectivity index (χ0n) is 12.4. The Morgan fingerprint density at radius 2 is 1.95 bits per heavy atom. The third kappa shape index (κ3) is 2.96. The van der Waals surface area contributed by atoms with Crippen LogP contribution >= 0.6 is 0 Å². The highest BCUT2D eigenvalue weighted by molar-refractivity contribution is 5.53. The maximum absolute atomic E-state index is 11.3. The Morgan fingerprint density at radius 1 is 1.24 bits per heavy atom. The molecule has 0 aliphatic rings. The van der Waals surface area contributed by atoms with Gasteiger partial charge in [0, 0.05) is 6.54 Å². The Bertz CT molecular complexity index is 680. The summed E-state index contributed by atoms with van der Waals surface area (Å²) in [5.41, 5.74) is 0.126. The molecule has 0 atom stereocenters. The Morgan fingerprint density at radius 3 is 2.48 bits per heavy atom. The van der Waals surface area contributed by atoms with Crippen molar-refractivity contribution in [2.24, 2.45) is 0 Å². The van der Waals surface area contributed by atoms with Gasteiger partial charge in [-0.1, -0.05) is 6.92 Å². The zero-order chi connectivity index (χ0) is 15.6. The van der Waals surface area contributed by atoms with Gasteiger partial charge in [-0.2, -0.15) is 9.67 Å². The third-order valence-electron chi connectivity index (χ3n) is 2.83. The molecule has 0 fully saturated rings. The standard InChI is InChI=1S/C12H17N7O2/c1-5-6-13-12-14-7(2)10(19(20)21)11(16-12)18-9(4)15-8(3)17-18/h5-6H2,1-4H3,(H,13,14,16). The molecule has 21 heavy (non-hydrogen) atoms. The Balaban J connectivity index is 2.62. The predicted molar refractivity (Wildman–Crippen MR) is 76.6 cm³/mol. The van der Waals surface area contributed by atoms with E-state index in [4.69, 9.17) is 0 Å². The molecule has 0 radical (unpaired) electrons. The molecule has 0 saturated carbocycles. The van der Waals surface area contributed by atoms with E-state index < -0.39 is 4.92 Å². The van der Waals surface area contributed by atoms with E-state index in [0.29, 0.717) is 24.1 Å². The predicted octanol–water partition coefficient (Wildman–Crippen LogP) is 1.71. The SMILES string of the molecule is CCCNc1nc(C)c([N+](=O)[O-])c(-n2nc(C)nc2C)n1. The number of hydrogen-bond donors (Lipinski definition) is 1. The highest BCUT2D eigenvalue weighted by Crippen LogP contribution is 2.25. The van der Waals surface area contributed by atoms with Crippen molar-refractivity contribution in [1.82, 2.24) is 24.7 Å². The summed E-state index contributed by atoms with van der Waals surface area (Å²) in [7, 11) is 0. The summed E-state index contributed by atoms with van der Waals surface area (Å²) >= 11 is 0. The highest BCUT2D eigenvalue weighted by atomic mass is 16.6. The number of hydrogen-bond acceptors (Lipinski definition) is 7. The van der Waals surface area contributed by atoms with Gasteiger partial charge < -0.3 is 5.32 Å². The zero-order valence-corrected chi connectivity index (χ0v) is 12.4. The van der Waals surface area contributed by atoms with Crippen molar-refractivity contribution in [3.63, 3.8) is 0 Å². The van der Waals surface area contributed by atoms with Crippen LogP contribution in [0.5, 0.6) is 0 Å². The summed E-state index contributed by atoms with van der Waals surface area (Å²) in [5.74, 6) is 1.54. The number of aryl methyl sites for hydroxylation is 3. The summed E-state index contributed by atoms with van der Waals surface area (Å²) < 4.78 is 1.37. The average molecular weight is 291 g/mol. The molecule has 2 rings (SSSR count). The van der Waals surface area contributed by atoms with Gasteiger partial charge >= 0.3 is 5.69 Å². The van der Waals surface area contributed by atoms with Crippen molar-refractivity contribution in [1.29, 1.82) is 0 Å². The van der Waals surface area contributed by atoms with Gasteiger partial charge in [0.2, 0.25) is 11.8 Å². The van der Waals surface area contributed by atoms with Crippen LogP contribution in [0.2, 0.25) is 0 Å². The summed E-state index contributed by atoms with van der Waals surface area (Å²) in [6.45, 7) is 7.72. The van der Waals surface area contributed by atoms with Gasteiger partial charge in [0.1, 0.15) is 17.3 Å². The lowest BCUT2D eigenvalue weighted by atomic mass is 10.3. The molecule has 2 aromatic heterocycles. The van der Waals surface area contributed by atoms with Gasteiger partial charge in [-0.15, -0.1) is 5.10 Å². The second-order valence-electron chi connectivity index (χ2n) is 4.61. The second kappa shape index (κ2) is 5.81. The minimum atomic E-state index is -0.495. The first-order valence-electron chi connectivity index (χ1n) is 6.61. The van der Waals surface area contributed by atoms with Crippen molar-refractivity contribution in [2.75, 3.05) is 11.9 Å². The first-order valence-corrected chi connectivity index (χ1v) is 6.61. The van der Waals surface area contributed by atoms with Crippen molar-refractivity contribution < 1.29 is 4.92 Å². The second-order valence-corrected chi connectivity index (χ2v) is 4.61. The van der Waals surface area contributed by atoms with Gasteiger partial charge in [0.05, 0.1) is 4.92 Å². The third-order valence-corrected chi connectivity index (χ3v) is 2.83. The van der Waals surface area contributed by atoms with Crippen LogP contribution in [0.3, 0.4) is 0 Å². The fourth-order valence-corrected chi connectivity index (χ4v) is 1.95. The van der Waals surface area contributed by atoms with Gasteiger partial charge in [-0.3, -0.25) is 10.1 Å². The van der Waals surface area contributed by atoms with Crippen molar-refractivity contribution in [2.45, 2.75) is 34.1 Å².